The van der Waals surface area contributed by atoms with Crippen LogP contribution in [0.3, 0.4) is 0 Å². The Balaban J connectivity index is 2.68. The molecule has 2 rings (SSSR count). The van der Waals surface area contributed by atoms with Crippen molar-refractivity contribution in [3.63, 3.8) is 0 Å². The third-order valence-electron chi connectivity index (χ3n) is 2.74. The van der Waals surface area contributed by atoms with Gasteiger partial charge in [-0.1, -0.05) is 12.1 Å². The molecule has 0 spiro atoms. The minimum Gasteiger partial charge on any atom is -0.476 e. The van der Waals surface area contributed by atoms with Crippen LogP contribution in [0.4, 0.5) is 5.69 Å². The van der Waals surface area contributed by atoms with Gasteiger partial charge in [0.25, 0.3) is 5.69 Å². The zero-order chi connectivity index (χ0) is 14.2. The molecule has 0 saturated carbocycles. The van der Waals surface area contributed by atoms with Crippen molar-refractivity contribution in [1.29, 1.82) is 0 Å². The van der Waals surface area contributed by atoms with Gasteiger partial charge in [0, 0.05) is 17.8 Å². The number of rotatable bonds is 3. The number of para-hydroxylation sites is 1. The van der Waals surface area contributed by atoms with E-state index in [2.05, 4.69) is 5.10 Å². The third-order valence-corrected chi connectivity index (χ3v) is 2.74. The fourth-order valence-corrected chi connectivity index (χ4v) is 1.87. The molecule has 1 aromatic heterocycles. The SMILES string of the molecule is Cc1cn(-c2c(C)cccc2[N+](=O)[O-])nc1C(=O)O. The fraction of sp³-hybridized carbons (Fsp3) is 0.167. The minimum atomic E-state index is -1.16. The average molecular weight is 261 g/mol. The Labute approximate surface area is 108 Å². The van der Waals surface area contributed by atoms with Crippen LogP contribution in [0.5, 0.6) is 0 Å². The zero-order valence-corrected chi connectivity index (χ0v) is 10.3. The summed E-state index contributed by atoms with van der Waals surface area (Å²) in [5, 5.41) is 23.9. The number of aromatic nitrogens is 2. The molecule has 7 heteroatoms. The predicted molar refractivity (Wildman–Crippen MR) is 66.7 cm³/mol. The Kier molecular flexibility index (Phi) is 3.04. The van der Waals surface area contributed by atoms with Gasteiger partial charge in [-0.3, -0.25) is 10.1 Å². The lowest BCUT2D eigenvalue weighted by Crippen LogP contribution is -2.05. The minimum absolute atomic E-state index is 0.112. The van der Waals surface area contributed by atoms with Crippen molar-refractivity contribution >= 4 is 11.7 Å². The summed E-state index contributed by atoms with van der Waals surface area (Å²) in [7, 11) is 0. The number of aryl methyl sites for hydroxylation is 2. The first-order valence-corrected chi connectivity index (χ1v) is 5.45. The van der Waals surface area contributed by atoms with Crippen molar-refractivity contribution in [1.82, 2.24) is 9.78 Å². The highest BCUT2D eigenvalue weighted by atomic mass is 16.6. The molecule has 0 unspecified atom stereocenters. The van der Waals surface area contributed by atoms with E-state index >= 15 is 0 Å². The maximum Gasteiger partial charge on any atom is 0.356 e. The number of nitro groups is 1. The molecule has 0 saturated heterocycles. The van der Waals surface area contributed by atoms with Gasteiger partial charge in [0.2, 0.25) is 0 Å². The maximum atomic E-state index is 11.0. The van der Waals surface area contributed by atoms with E-state index < -0.39 is 10.9 Å². The molecule has 19 heavy (non-hydrogen) atoms. The molecule has 7 nitrogen and oxygen atoms in total. The van der Waals surface area contributed by atoms with Crippen molar-refractivity contribution in [2.24, 2.45) is 0 Å². The van der Waals surface area contributed by atoms with E-state index in [-0.39, 0.29) is 17.1 Å². The topological polar surface area (TPSA) is 98.3 Å². The van der Waals surface area contributed by atoms with E-state index in [1.807, 2.05) is 0 Å². The van der Waals surface area contributed by atoms with Gasteiger partial charge >= 0.3 is 5.97 Å². The Morgan fingerprint density at radius 3 is 2.58 bits per heavy atom. The lowest BCUT2D eigenvalue weighted by atomic mass is 10.1. The smallest absolute Gasteiger partial charge is 0.356 e. The van der Waals surface area contributed by atoms with Gasteiger partial charge in [-0.15, -0.1) is 0 Å². The van der Waals surface area contributed by atoms with Gasteiger partial charge in [0.15, 0.2) is 5.69 Å². The first kappa shape index (κ1) is 12.7. The standard InChI is InChI=1S/C12H11N3O4/c1-7-4-3-5-9(15(18)19)11(7)14-6-8(2)10(13-14)12(16)17/h3-6H,1-2H3,(H,16,17). The first-order valence-electron chi connectivity index (χ1n) is 5.45. The maximum absolute atomic E-state index is 11.0. The van der Waals surface area contributed by atoms with Crippen LogP contribution in [0, 0.1) is 24.0 Å². The van der Waals surface area contributed by atoms with Gasteiger partial charge in [-0.05, 0) is 19.4 Å². The number of carboxylic acids is 1. The van der Waals surface area contributed by atoms with Gasteiger partial charge in [0.1, 0.15) is 5.69 Å². The number of benzene rings is 1. The molecule has 98 valence electrons. The predicted octanol–water partition coefficient (Wildman–Crippen LogP) is 2.10. The van der Waals surface area contributed by atoms with Crippen molar-refractivity contribution in [2.75, 3.05) is 0 Å². The largest absolute Gasteiger partial charge is 0.476 e. The van der Waals surface area contributed by atoms with Crippen LogP contribution in [0.15, 0.2) is 24.4 Å². The van der Waals surface area contributed by atoms with Crippen LogP contribution < -0.4 is 0 Å². The van der Waals surface area contributed by atoms with E-state index in [4.69, 9.17) is 5.11 Å². The molecule has 0 atom stereocenters. The lowest BCUT2D eigenvalue weighted by molar-refractivity contribution is -0.384. The third kappa shape index (κ3) is 2.17. The number of nitro benzene ring substituents is 1. The van der Waals surface area contributed by atoms with Crippen LogP contribution in [-0.2, 0) is 0 Å². The number of hydrogen-bond donors (Lipinski definition) is 1. The van der Waals surface area contributed by atoms with Gasteiger partial charge in [-0.25, -0.2) is 9.48 Å². The first-order chi connectivity index (χ1) is 8.91. The molecule has 0 aliphatic rings. The molecule has 0 fully saturated rings. The van der Waals surface area contributed by atoms with Crippen LogP contribution in [0.2, 0.25) is 0 Å². The summed E-state index contributed by atoms with van der Waals surface area (Å²) in [6.07, 6.45) is 1.47. The lowest BCUT2D eigenvalue weighted by Gasteiger charge is -2.06. The van der Waals surface area contributed by atoms with E-state index in [0.717, 1.165) is 0 Å². The van der Waals surface area contributed by atoms with E-state index in [1.54, 1.807) is 26.0 Å². The molecule has 0 radical (unpaired) electrons. The van der Waals surface area contributed by atoms with Crippen LogP contribution in [0.1, 0.15) is 21.6 Å². The Morgan fingerprint density at radius 2 is 2.05 bits per heavy atom. The Hall–Kier alpha value is -2.70. The monoisotopic (exact) mass is 261 g/mol. The summed E-state index contributed by atoms with van der Waals surface area (Å²) >= 11 is 0. The normalized spacial score (nSPS) is 10.4. The number of aromatic carboxylic acids is 1. The van der Waals surface area contributed by atoms with Gasteiger partial charge in [-0.2, -0.15) is 5.10 Å². The summed E-state index contributed by atoms with van der Waals surface area (Å²) in [4.78, 5) is 21.5. The fourth-order valence-electron chi connectivity index (χ4n) is 1.87. The van der Waals surface area contributed by atoms with Crippen LogP contribution in [0.25, 0.3) is 5.69 Å². The zero-order valence-electron chi connectivity index (χ0n) is 10.3. The molecule has 1 aromatic carbocycles. The molecule has 1 N–H and O–H groups in total. The molecule has 0 aliphatic carbocycles. The average Bonchev–Trinajstić information content (AvgIpc) is 2.70. The van der Waals surface area contributed by atoms with Gasteiger partial charge < -0.3 is 5.11 Å². The highest BCUT2D eigenvalue weighted by Gasteiger charge is 2.21. The number of carboxylic acid groups (broad SMARTS) is 1. The van der Waals surface area contributed by atoms with E-state index in [1.165, 1.54) is 16.9 Å². The van der Waals surface area contributed by atoms with Crippen molar-refractivity contribution < 1.29 is 14.8 Å². The molecule has 0 bridgehead atoms. The summed E-state index contributed by atoms with van der Waals surface area (Å²) in [5.74, 6) is -1.16. The quantitative estimate of drug-likeness (QED) is 0.673. The number of carbonyl (C=O) groups is 1. The number of nitrogens with zero attached hydrogens (tertiary/aromatic N) is 3. The summed E-state index contributed by atoms with van der Waals surface area (Å²) in [5.41, 5.74) is 1.15. The van der Waals surface area contributed by atoms with E-state index in [9.17, 15) is 14.9 Å². The summed E-state index contributed by atoms with van der Waals surface area (Å²) < 4.78 is 1.24. The van der Waals surface area contributed by atoms with Crippen LogP contribution in [-0.4, -0.2) is 25.8 Å². The molecular weight excluding hydrogens is 250 g/mol. The van der Waals surface area contributed by atoms with Gasteiger partial charge in [0.05, 0.1) is 4.92 Å². The highest BCUT2D eigenvalue weighted by molar-refractivity contribution is 5.87. The molecule has 0 amide bonds. The Morgan fingerprint density at radius 1 is 1.37 bits per heavy atom. The van der Waals surface area contributed by atoms with Crippen molar-refractivity contribution in [3.8, 4) is 5.69 Å². The highest BCUT2D eigenvalue weighted by Crippen LogP contribution is 2.26. The molecular formula is C12H11N3O4. The van der Waals surface area contributed by atoms with Crippen molar-refractivity contribution in [2.45, 2.75) is 13.8 Å². The number of hydrogen-bond acceptors (Lipinski definition) is 4. The Bertz CT molecular complexity index is 676. The molecule has 1 heterocycles. The molecule has 0 aliphatic heterocycles. The van der Waals surface area contributed by atoms with Crippen molar-refractivity contribution in [3.05, 3.63) is 51.3 Å². The summed E-state index contributed by atoms with van der Waals surface area (Å²) in [6.45, 7) is 3.30. The second-order valence-electron chi connectivity index (χ2n) is 4.11. The summed E-state index contributed by atoms with van der Waals surface area (Å²) in [6, 6.07) is 4.64. The van der Waals surface area contributed by atoms with Crippen LogP contribution >= 0.6 is 0 Å². The second kappa shape index (κ2) is 4.52. The second-order valence-corrected chi connectivity index (χ2v) is 4.11. The molecule has 2 aromatic rings. The van der Waals surface area contributed by atoms with E-state index in [0.29, 0.717) is 11.1 Å².